The van der Waals surface area contributed by atoms with Crippen LogP contribution in [-0.4, -0.2) is 27.2 Å². The summed E-state index contributed by atoms with van der Waals surface area (Å²) in [6.07, 6.45) is 5.34. The van der Waals surface area contributed by atoms with Crippen LogP contribution in [0.25, 0.3) is 11.2 Å². The van der Waals surface area contributed by atoms with Crippen LogP contribution in [0, 0.1) is 13.8 Å². The Morgan fingerprint density at radius 2 is 2.33 bits per heavy atom. The molecule has 3 aromatic rings. The zero-order valence-electron chi connectivity index (χ0n) is 13.5. The minimum absolute atomic E-state index is 0.152. The summed E-state index contributed by atoms with van der Waals surface area (Å²) in [7, 11) is 0. The first kappa shape index (κ1) is 16.2. The first-order chi connectivity index (χ1) is 11.6. The molecule has 0 saturated carbocycles. The summed E-state index contributed by atoms with van der Waals surface area (Å²) in [4.78, 5) is 16.3. The minimum atomic E-state index is -0.152. The molecule has 24 heavy (non-hydrogen) atoms. The number of carbonyl (C=O) groups is 1. The van der Waals surface area contributed by atoms with E-state index in [0.29, 0.717) is 18.7 Å². The summed E-state index contributed by atoms with van der Waals surface area (Å²) in [5.74, 6) is 0.500. The quantitative estimate of drug-likeness (QED) is 0.699. The maximum atomic E-state index is 11.7. The molecule has 0 atom stereocenters. The van der Waals surface area contributed by atoms with E-state index in [9.17, 15) is 4.79 Å². The van der Waals surface area contributed by atoms with Crippen LogP contribution in [-0.2, 0) is 11.2 Å². The number of aromatic nitrogens is 3. The van der Waals surface area contributed by atoms with Crippen molar-refractivity contribution >= 4 is 23.3 Å². The van der Waals surface area contributed by atoms with Crippen molar-refractivity contribution in [3.05, 3.63) is 58.8 Å². The van der Waals surface area contributed by atoms with Gasteiger partial charge < -0.3 is 9.73 Å². The largest absolute Gasteiger partial charge is 0.465 e. The van der Waals surface area contributed by atoms with Gasteiger partial charge in [0.05, 0.1) is 17.7 Å². The van der Waals surface area contributed by atoms with E-state index in [1.165, 1.54) is 6.08 Å². The Hall–Kier alpha value is -2.67. The monoisotopic (exact) mass is 342 g/mol. The van der Waals surface area contributed by atoms with E-state index in [0.717, 1.165) is 22.2 Å². The van der Waals surface area contributed by atoms with Gasteiger partial charge in [0.2, 0.25) is 11.0 Å². The second-order valence-corrected chi connectivity index (χ2v) is 6.19. The topological polar surface area (TPSA) is 73.0 Å². The maximum Gasteiger partial charge on any atom is 0.244 e. The number of furan rings is 1. The average Bonchev–Trinajstić information content (AvgIpc) is 3.27. The van der Waals surface area contributed by atoms with Crippen LogP contribution < -0.4 is 5.32 Å². The Bertz CT molecular complexity index is 846. The van der Waals surface area contributed by atoms with Crippen LogP contribution >= 0.6 is 11.3 Å². The fourth-order valence-corrected chi connectivity index (χ4v) is 3.11. The van der Waals surface area contributed by atoms with Crippen LogP contribution in [0.1, 0.15) is 22.8 Å². The third kappa shape index (κ3) is 3.99. The summed E-state index contributed by atoms with van der Waals surface area (Å²) < 4.78 is 6.97. The van der Waals surface area contributed by atoms with Gasteiger partial charge in [0.1, 0.15) is 5.76 Å². The van der Waals surface area contributed by atoms with Crippen molar-refractivity contribution < 1.29 is 9.21 Å². The van der Waals surface area contributed by atoms with Crippen molar-refractivity contribution in [2.75, 3.05) is 6.54 Å². The highest BCUT2D eigenvalue weighted by molar-refractivity contribution is 7.12. The molecule has 1 N–H and O–H groups in total. The second kappa shape index (κ2) is 7.27. The number of thiazole rings is 1. The number of hydrogen-bond acceptors (Lipinski definition) is 5. The zero-order chi connectivity index (χ0) is 16.9. The predicted octanol–water partition coefficient (Wildman–Crippen LogP) is 2.91. The average molecular weight is 342 g/mol. The van der Waals surface area contributed by atoms with Crippen LogP contribution in [0.2, 0.25) is 0 Å². The summed E-state index contributed by atoms with van der Waals surface area (Å²) in [6.45, 7) is 4.50. The second-order valence-electron chi connectivity index (χ2n) is 5.35. The molecule has 0 aliphatic rings. The van der Waals surface area contributed by atoms with Gasteiger partial charge in [-0.25, -0.2) is 9.67 Å². The number of amides is 1. The Labute approximate surface area is 143 Å². The van der Waals surface area contributed by atoms with Gasteiger partial charge in [-0.15, -0.1) is 11.3 Å². The lowest BCUT2D eigenvalue weighted by atomic mass is 10.3. The molecule has 0 radical (unpaired) electrons. The maximum absolute atomic E-state index is 11.7. The molecule has 0 aliphatic heterocycles. The van der Waals surface area contributed by atoms with Crippen LogP contribution in [0.15, 0.2) is 40.3 Å². The molecule has 0 unspecified atom stereocenters. The minimum Gasteiger partial charge on any atom is -0.465 e. The highest BCUT2D eigenvalue weighted by Gasteiger charge is 2.08. The normalized spacial score (nSPS) is 11.2. The molecule has 124 valence electrons. The molecule has 0 aromatic carbocycles. The lowest BCUT2D eigenvalue weighted by molar-refractivity contribution is -0.116. The highest BCUT2D eigenvalue weighted by Crippen LogP contribution is 2.17. The van der Waals surface area contributed by atoms with Crippen LogP contribution in [0.4, 0.5) is 0 Å². The Balaban J connectivity index is 1.51. The lowest BCUT2D eigenvalue weighted by Gasteiger charge is -2.00. The van der Waals surface area contributed by atoms with Gasteiger partial charge >= 0.3 is 0 Å². The van der Waals surface area contributed by atoms with Crippen molar-refractivity contribution in [1.82, 2.24) is 20.1 Å². The van der Waals surface area contributed by atoms with E-state index < -0.39 is 0 Å². The number of nitrogens with zero attached hydrogens (tertiary/aromatic N) is 3. The van der Waals surface area contributed by atoms with E-state index in [1.807, 2.05) is 30.0 Å². The van der Waals surface area contributed by atoms with Crippen LogP contribution in [0.5, 0.6) is 0 Å². The predicted molar refractivity (Wildman–Crippen MR) is 93.2 cm³/mol. The third-order valence-corrected chi connectivity index (χ3v) is 4.22. The van der Waals surface area contributed by atoms with E-state index >= 15 is 0 Å². The molecule has 7 heteroatoms. The number of carbonyl (C=O) groups excluding carboxylic acids is 1. The fourth-order valence-electron chi connectivity index (χ4n) is 2.25. The number of nitrogens with one attached hydrogen (secondary N) is 1. The molecule has 0 spiro atoms. The molecule has 0 bridgehead atoms. The zero-order valence-corrected chi connectivity index (χ0v) is 14.3. The van der Waals surface area contributed by atoms with Gasteiger partial charge in [0.15, 0.2) is 0 Å². The van der Waals surface area contributed by atoms with Crippen molar-refractivity contribution in [2.24, 2.45) is 0 Å². The third-order valence-electron chi connectivity index (χ3n) is 3.35. The molecule has 0 fully saturated rings. The van der Waals surface area contributed by atoms with Gasteiger partial charge in [0.25, 0.3) is 0 Å². The van der Waals surface area contributed by atoms with Crippen molar-refractivity contribution in [3.8, 4) is 5.13 Å². The summed E-state index contributed by atoms with van der Waals surface area (Å²) >= 11 is 1.55. The molecule has 3 rings (SSSR count). The van der Waals surface area contributed by atoms with Gasteiger partial charge in [-0.3, -0.25) is 4.79 Å². The summed E-state index contributed by atoms with van der Waals surface area (Å²) in [6, 6.07) is 5.59. The molecule has 3 aromatic heterocycles. The van der Waals surface area contributed by atoms with Gasteiger partial charge in [-0.1, -0.05) is 0 Å². The standard InChI is InChI=1S/C17H18N4O2S/c1-12-10-13(2)21(20-12)17-19-14(11-24-17)7-8-18-16(22)6-5-15-4-3-9-23-15/h3-6,9-11H,7-8H2,1-2H3,(H,18,22). The molecule has 1 amide bonds. The van der Waals surface area contributed by atoms with Gasteiger partial charge in [-0.05, 0) is 38.1 Å². The first-order valence-corrected chi connectivity index (χ1v) is 8.47. The van der Waals surface area contributed by atoms with Crippen molar-refractivity contribution in [1.29, 1.82) is 0 Å². The Morgan fingerprint density at radius 3 is 3.04 bits per heavy atom. The van der Waals surface area contributed by atoms with E-state index in [4.69, 9.17) is 4.42 Å². The fraction of sp³-hybridized carbons (Fsp3) is 0.235. The molecule has 3 heterocycles. The van der Waals surface area contributed by atoms with E-state index in [-0.39, 0.29) is 5.91 Å². The first-order valence-electron chi connectivity index (χ1n) is 7.59. The van der Waals surface area contributed by atoms with Crippen molar-refractivity contribution in [2.45, 2.75) is 20.3 Å². The van der Waals surface area contributed by atoms with Crippen LogP contribution in [0.3, 0.4) is 0 Å². The SMILES string of the molecule is Cc1cc(C)n(-c2nc(CCNC(=O)C=Cc3ccco3)cs2)n1. The van der Waals surface area contributed by atoms with E-state index in [1.54, 1.807) is 35.8 Å². The molecule has 0 saturated heterocycles. The number of rotatable bonds is 6. The van der Waals surface area contributed by atoms with Gasteiger partial charge in [-0.2, -0.15) is 5.10 Å². The lowest BCUT2D eigenvalue weighted by Crippen LogP contribution is -2.23. The van der Waals surface area contributed by atoms with Crippen molar-refractivity contribution in [3.63, 3.8) is 0 Å². The molecule has 6 nitrogen and oxygen atoms in total. The number of hydrogen-bond donors (Lipinski definition) is 1. The molecular formula is C17H18N4O2S. The Kier molecular flexibility index (Phi) is 4.90. The summed E-state index contributed by atoms with van der Waals surface area (Å²) in [5, 5.41) is 10.1. The highest BCUT2D eigenvalue weighted by atomic mass is 32.1. The van der Waals surface area contributed by atoms with Gasteiger partial charge in [0, 0.05) is 30.1 Å². The van der Waals surface area contributed by atoms with E-state index in [2.05, 4.69) is 15.4 Å². The molecule has 0 aliphatic carbocycles. The smallest absolute Gasteiger partial charge is 0.244 e. The Morgan fingerprint density at radius 1 is 1.46 bits per heavy atom. The molecular weight excluding hydrogens is 324 g/mol. The number of aryl methyl sites for hydroxylation is 2. The summed E-state index contributed by atoms with van der Waals surface area (Å²) in [5.41, 5.74) is 2.97.